The van der Waals surface area contributed by atoms with Crippen LogP contribution < -0.4 is 5.32 Å². The highest BCUT2D eigenvalue weighted by Gasteiger charge is 2.29. The topological polar surface area (TPSA) is 49.3 Å². The van der Waals surface area contributed by atoms with E-state index < -0.39 is 12.0 Å². The molecular formula is C11H11NO2. The van der Waals surface area contributed by atoms with Gasteiger partial charge in [0.05, 0.1) is 0 Å². The summed E-state index contributed by atoms with van der Waals surface area (Å²) in [4.78, 5) is 10.9. The van der Waals surface area contributed by atoms with Crippen molar-refractivity contribution in [2.45, 2.75) is 12.6 Å². The van der Waals surface area contributed by atoms with E-state index in [-0.39, 0.29) is 0 Å². The van der Waals surface area contributed by atoms with Gasteiger partial charge < -0.3 is 5.11 Å². The van der Waals surface area contributed by atoms with Crippen molar-refractivity contribution in [3.63, 3.8) is 0 Å². The summed E-state index contributed by atoms with van der Waals surface area (Å²) < 4.78 is 0. The number of rotatable bonds is 2. The second kappa shape index (κ2) is 3.27. The number of hydrogen-bond acceptors (Lipinski definition) is 2. The van der Waals surface area contributed by atoms with Gasteiger partial charge in [0.25, 0.3) is 0 Å². The van der Waals surface area contributed by atoms with E-state index in [2.05, 4.69) is 11.9 Å². The molecule has 1 aliphatic heterocycles. The third-order valence-corrected chi connectivity index (χ3v) is 2.48. The zero-order valence-corrected chi connectivity index (χ0v) is 7.66. The summed E-state index contributed by atoms with van der Waals surface area (Å²) in [6.45, 7) is 4.30. The summed E-state index contributed by atoms with van der Waals surface area (Å²) in [7, 11) is 0. The first-order chi connectivity index (χ1) is 6.74. The molecule has 0 saturated heterocycles. The second-order valence-corrected chi connectivity index (χ2v) is 3.28. The van der Waals surface area contributed by atoms with Gasteiger partial charge in [0.2, 0.25) is 0 Å². The molecule has 2 N–H and O–H groups in total. The summed E-state index contributed by atoms with van der Waals surface area (Å²) in [6.07, 6.45) is 1.70. The smallest absolute Gasteiger partial charge is 0.325 e. The fourth-order valence-electron chi connectivity index (χ4n) is 1.84. The molecule has 0 aliphatic carbocycles. The Hall–Kier alpha value is -1.61. The number of carbonyl (C=O) groups is 1. The average molecular weight is 189 g/mol. The fourth-order valence-corrected chi connectivity index (χ4v) is 1.84. The maximum Gasteiger partial charge on any atom is 0.325 e. The van der Waals surface area contributed by atoms with Crippen molar-refractivity contribution in [3.8, 4) is 0 Å². The van der Waals surface area contributed by atoms with Crippen molar-refractivity contribution in [2.24, 2.45) is 0 Å². The van der Waals surface area contributed by atoms with Crippen LogP contribution in [-0.4, -0.2) is 11.1 Å². The van der Waals surface area contributed by atoms with Gasteiger partial charge >= 0.3 is 5.97 Å². The van der Waals surface area contributed by atoms with E-state index in [0.717, 1.165) is 16.7 Å². The van der Waals surface area contributed by atoms with Gasteiger partial charge in [-0.1, -0.05) is 30.9 Å². The fraction of sp³-hybridized carbons (Fsp3) is 0.182. The van der Waals surface area contributed by atoms with Crippen molar-refractivity contribution >= 4 is 12.0 Å². The number of aliphatic carboxylic acids is 1. The molecule has 0 fully saturated rings. The Balaban J connectivity index is 2.56. The molecule has 0 bridgehead atoms. The minimum absolute atomic E-state index is 0.584. The second-order valence-electron chi connectivity index (χ2n) is 3.28. The van der Waals surface area contributed by atoms with Gasteiger partial charge in [0.1, 0.15) is 6.04 Å². The average Bonchev–Trinajstić information content (AvgIpc) is 2.60. The predicted molar refractivity (Wildman–Crippen MR) is 53.7 cm³/mol. The number of carboxylic acid groups (broad SMARTS) is 1. The Kier molecular flexibility index (Phi) is 2.09. The first-order valence-corrected chi connectivity index (χ1v) is 4.44. The van der Waals surface area contributed by atoms with Gasteiger partial charge in [-0.25, -0.2) is 0 Å². The molecule has 0 unspecified atom stereocenters. The van der Waals surface area contributed by atoms with E-state index in [4.69, 9.17) is 5.11 Å². The van der Waals surface area contributed by atoms with Crippen molar-refractivity contribution in [2.75, 3.05) is 0 Å². The van der Waals surface area contributed by atoms with Crippen molar-refractivity contribution in [1.29, 1.82) is 0 Å². The van der Waals surface area contributed by atoms with E-state index in [9.17, 15) is 4.79 Å². The number of benzene rings is 1. The molecule has 3 nitrogen and oxygen atoms in total. The summed E-state index contributed by atoms with van der Waals surface area (Å²) in [5.41, 5.74) is 2.81. The molecule has 0 radical (unpaired) electrons. The summed E-state index contributed by atoms with van der Waals surface area (Å²) in [6, 6.07) is 5.16. The van der Waals surface area contributed by atoms with Gasteiger partial charge in [-0.05, 0) is 16.7 Å². The lowest BCUT2D eigenvalue weighted by Gasteiger charge is -2.08. The van der Waals surface area contributed by atoms with Gasteiger partial charge in [-0.2, -0.15) is 0 Å². The Bertz CT molecular complexity index is 398. The molecule has 0 saturated carbocycles. The van der Waals surface area contributed by atoms with Crippen LogP contribution in [0.2, 0.25) is 0 Å². The van der Waals surface area contributed by atoms with Gasteiger partial charge in [-0.15, -0.1) is 0 Å². The lowest BCUT2D eigenvalue weighted by atomic mass is 9.98. The Labute approximate surface area is 82.1 Å². The first kappa shape index (κ1) is 8.97. The summed E-state index contributed by atoms with van der Waals surface area (Å²) in [5.74, 6) is -0.835. The van der Waals surface area contributed by atoms with E-state index in [1.54, 1.807) is 6.08 Å². The van der Waals surface area contributed by atoms with Crippen LogP contribution in [0.25, 0.3) is 6.08 Å². The third-order valence-electron chi connectivity index (χ3n) is 2.48. The Morgan fingerprint density at radius 3 is 3.07 bits per heavy atom. The minimum atomic E-state index is -0.835. The highest BCUT2D eigenvalue weighted by atomic mass is 16.4. The number of nitrogens with one attached hydrogen (secondary N) is 1. The molecule has 0 amide bonds. The monoisotopic (exact) mass is 189 g/mol. The Morgan fingerprint density at radius 1 is 1.64 bits per heavy atom. The van der Waals surface area contributed by atoms with Crippen molar-refractivity contribution in [1.82, 2.24) is 5.32 Å². The highest BCUT2D eigenvalue weighted by molar-refractivity contribution is 5.79. The molecule has 14 heavy (non-hydrogen) atoms. The van der Waals surface area contributed by atoms with Gasteiger partial charge in [-0.3, -0.25) is 10.1 Å². The predicted octanol–water partition coefficient (Wildman–Crippen LogP) is 1.56. The quantitative estimate of drug-likeness (QED) is 0.742. The van der Waals surface area contributed by atoms with Crippen LogP contribution in [0, 0.1) is 0 Å². The third kappa shape index (κ3) is 1.22. The molecule has 1 heterocycles. The SMILES string of the molecule is C=Cc1cccc2c1[C@@H](C(=O)O)NC2. The molecule has 72 valence electrons. The van der Waals surface area contributed by atoms with Crippen LogP contribution in [0.15, 0.2) is 24.8 Å². The van der Waals surface area contributed by atoms with Crippen LogP contribution in [0.1, 0.15) is 22.7 Å². The van der Waals surface area contributed by atoms with Crippen molar-refractivity contribution < 1.29 is 9.90 Å². The maximum atomic E-state index is 10.9. The van der Waals surface area contributed by atoms with Gasteiger partial charge in [0, 0.05) is 6.54 Å². The molecule has 3 heteroatoms. The maximum absolute atomic E-state index is 10.9. The number of carboxylic acids is 1. The van der Waals surface area contributed by atoms with E-state index in [1.165, 1.54) is 0 Å². The summed E-state index contributed by atoms with van der Waals surface area (Å²) in [5, 5.41) is 11.9. The van der Waals surface area contributed by atoms with Crippen LogP contribution in [0.5, 0.6) is 0 Å². The number of hydrogen-bond donors (Lipinski definition) is 2. The Morgan fingerprint density at radius 2 is 2.43 bits per heavy atom. The zero-order valence-electron chi connectivity index (χ0n) is 7.66. The summed E-state index contributed by atoms with van der Waals surface area (Å²) >= 11 is 0. The van der Waals surface area contributed by atoms with Gasteiger partial charge in [0.15, 0.2) is 0 Å². The van der Waals surface area contributed by atoms with E-state index in [0.29, 0.717) is 6.54 Å². The zero-order chi connectivity index (χ0) is 10.1. The molecular weight excluding hydrogens is 178 g/mol. The molecule has 1 aromatic carbocycles. The normalized spacial score (nSPS) is 19.0. The lowest BCUT2D eigenvalue weighted by molar-refractivity contribution is -0.139. The van der Waals surface area contributed by atoms with Crippen LogP contribution >= 0.6 is 0 Å². The molecule has 1 aromatic rings. The molecule has 1 aliphatic rings. The van der Waals surface area contributed by atoms with Crippen molar-refractivity contribution in [3.05, 3.63) is 41.5 Å². The molecule has 0 aromatic heterocycles. The molecule has 2 rings (SSSR count). The van der Waals surface area contributed by atoms with Crippen LogP contribution in [0.4, 0.5) is 0 Å². The lowest BCUT2D eigenvalue weighted by Crippen LogP contribution is -2.21. The number of fused-ring (bicyclic) bond motifs is 1. The van der Waals surface area contributed by atoms with Crippen LogP contribution in [-0.2, 0) is 11.3 Å². The molecule has 0 spiro atoms. The van der Waals surface area contributed by atoms with E-state index >= 15 is 0 Å². The standard InChI is InChI=1S/C11H11NO2/c1-2-7-4-3-5-8-6-12-10(9(7)8)11(13)14/h2-5,10,12H,1,6H2,(H,13,14)/t10-/m0/s1. The van der Waals surface area contributed by atoms with Crippen LogP contribution in [0.3, 0.4) is 0 Å². The highest BCUT2D eigenvalue weighted by Crippen LogP contribution is 2.29. The first-order valence-electron chi connectivity index (χ1n) is 4.44. The largest absolute Gasteiger partial charge is 0.480 e. The van der Waals surface area contributed by atoms with E-state index in [1.807, 2.05) is 18.2 Å². The minimum Gasteiger partial charge on any atom is -0.480 e. The molecule has 1 atom stereocenters.